The standard InChI is InChI=1S/C14H15BrN2O5S/c1-21-12-5-3-10(4-6-12)8-17-14(18)13(15)7-11(16-17)9-22-23(2,19)20/h3-7H,8-9H2,1-2H3. The highest BCUT2D eigenvalue weighted by Crippen LogP contribution is 2.12. The van der Waals surface area contributed by atoms with Gasteiger partial charge in [-0.05, 0) is 39.7 Å². The maximum Gasteiger partial charge on any atom is 0.281 e. The van der Waals surface area contributed by atoms with E-state index in [0.29, 0.717) is 11.4 Å². The fraction of sp³-hybridized carbons (Fsp3) is 0.286. The van der Waals surface area contributed by atoms with Gasteiger partial charge in [-0.1, -0.05) is 12.1 Å². The van der Waals surface area contributed by atoms with Crippen LogP contribution in [0.2, 0.25) is 0 Å². The molecule has 2 aromatic rings. The largest absolute Gasteiger partial charge is 0.497 e. The Morgan fingerprint density at radius 3 is 2.48 bits per heavy atom. The summed E-state index contributed by atoms with van der Waals surface area (Å²) in [5, 5.41) is 4.13. The lowest BCUT2D eigenvalue weighted by Gasteiger charge is -2.09. The predicted octanol–water partition coefficient (Wildman–Crippen LogP) is 1.54. The van der Waals surface area contributed by atoms with E-state index < -0.39 is 10.1 Å². The molecule has 9 heteroatoms. The molecule has 1 aromatic carbocycles. The van der Waals surface area contributed by atoms with Crippen LogP contribution in [0.25, 0.3) is 0 Å². The molecule has 0 bridgehead atoms. The Morgan fingerprint density at radius 2 is 1.91 bits per heavy atom. The third-order valence-electron chi connectivity index (χ3n) is 2.89. The number of aromatic nitrogens is 2. The second-order valence-electron chi connectivity index (χ2n) is 4.76. The van der Waals surface area contributed by atoms with E-state index in [1.54, 1.807) is 19.2 Å². The molecule has 0 aliphatic rings. The van der Waals surface area contributed by atoms with E-state index in [2.05, 4.69) is 21.0 Å². The molecule has 7 nitrogen and oxygen atoms in total. The molecule has 0 amide bonds. The Hall–Kier alpha value is -1.71. The lowest BCUT2D eigenvalue weighted by Crippen LogP contribution is -2.25. The third-order valence-corrected chi connectivity index (χ3v) is 4.01. The monoisotopic (exact) mass is 402 g/mol. The van der Waals surface area contributed by atoms with Gasteiger partial charge in [-0.2, -0.15) is 13.5 Å². The number of hydrogen-bond donors (Lipinski definition) is 0. The fourth-order valence-electron chi connectivity index (χ4n) is 1.81. The van der Waals surface area contributed by atoms with E-state index in [9.17, 15) is 13.2 Å². The molecule has 0 aliphatic heterocycles. The van der Waals surface area contributed by atoms with Crippen LogP contribution in [0.3, 0.4) is 0 Å². The molecule has 1 heterocycles. The van der Waals surface area contributed by atoms with Gasteiger partial charge in [0.25, 0.3) is 15.7 Å². The predicted molar refractivity (Wildman–Crippen MR) is 87.9 cm³/mol. The van der Waals surface area contributed by atoms with Crippen molar-refractivity contribution in [2.45, 2.75) is 13.2 Å². The quantitative estimate of drug-likeness (QED) is 0.680. The first-order valence-electron chi connectivity index (χ1n) is 6.52. The number of halogens is 1. The molecular formula is C14H15BrN2O5S. The van der Waals surface area contributed by atoms with Crippen LogP contribution in [0, 0.1) is 0 Å². The topological polar surface area (TPSA) is 87.5 Å². The van der Waals surface area contributed by atoms with Crippen LogP contribution in [0.1, 0.15) is 11.3 Å². The van der Waals surface area contributed by atoms with Gasteiger partial charge in [-0.3, -0.25) is 8.98 Å². The zero-order chi connectivity index (χ0) is 17.0. The van der Waals surface area contributed by atoms with Crippen molar-refractivity contribution in [3.8, 4) is 5.75 Å². The van der Waals surface area contributed by atoms with Crippen molar-refractivity contribution in [1.82, 2.24) is 9.78 Å². The summed E-state index contributed by atoms with van der Waals surface area (Å²) >= 11 is 3.16. The lowest BCUT2D eigenvalue weighted by molar-refractivity contribution is 0.303. The molecule has 0 spiro atoms. The zero-order valence-electron chi connectivity index (χ0n) is 12.5. The Bertz CT molecular complexity index is 846. The molecule has 0 radical (unpaired) electrons. The maximum absolute atomic E-state index is 12.1. The van der Waals surface area contributed by atoms with Crippen molar-refractivity contribution >= 4 is 26.0 Å². The van der Waals surface area contributed by atoms with Crippen LogP contribution in [-0.4, -0.2) is 31.6 Å². The van der Waals surface area contributed by atoms with Crippen LogP contribution < -0.4 is 10.3 Å². The van der Waals surface area contributed by atoms with Gasteiger partial charge in [0, 0.05) is 0 Å². The summed E-state index contributed by atoms with van der Waals surface area (Å²) in [6, 6.07) is 8.65. The van der Waals surface area contributed by atoms with Gasteiger partial charge >= 0.3 is 0 Å². The summed E-state index contributed by atoms with van der Waals surface area (Å²) < 4.78 is 33.4. The molecule has 23 heavy (non-hydrogen) atoms. The molecule has 0 saturated carbocycles. The normalized spacial score (nSPS) is 11.4. The molecule has 124 valence electrons. The van der Waals surface area contributed by atoms with E-state index in [-0.39, 0.29) is 23.2 Å². The van der Waals surface area contributed by atoms with Crippen LogP contribution in [0.15, 0.2) is 39.6 Å². The van der Waals surface area contributed by atoms with Crippen LogP contribution in [-0.2, 0) is 27.5 Å². The first-order valence-corrected chi connectivity index (χ1v) is 9.13. The van der Waals surface area contributed by atoms with Crippen molar-refractivity contribution in [1.29, 1.82) is 0 Å². The molecule has 0 aliphatic carbocycles. The highest BCUT2D eigenvalue weighted by Gasteiger charge is 2.10. The first-order chi connectivity index (χ1) is 10.8. The average Bonchev–Trinajstić information content (AvgIpc) is 2.50. The van der Waals surface area contributed by atoms with Gasteiger partial charge in [-0.15, -0.1) is 0 Å². The molecule has 0 fully saturated rings. The van der Waals surface area contributed by atoms with E-state index in [0.717, 1.165) is 11.8 Å². The summed E-state index contributed by atoms with van der Waals surface area (Å²) in [7, 11) is -2.01. The summed E-state index contributed by atoms with van der Waals surface area (Å²) in [5.74, 6) is 0.713. The Morgan fingerprint density at radius 1 is 1.26 bits per heavy atom. The van der Waals surface area contributed by atoms with Gasteiger partial charge in [0.15, 0.2) is 0 Å². The van der Waals surface area contributed by atoms with Crippen molar-refractivity contribution < 1.29 is 17.3 Å². The second-order valence-corrected chi connectivity index (χ2v) is 7.26. The number of rotatable bonds is 6. The summed E-state index contributed by atoms with van der Waals surface area (Å²) in [4.78, 5) is 12.1. The van der Waals surface area contributed by atoms with E-state index >= 15 is 0 Å². The minimum atomic E-state index is -3.58. The molecule has 0 N–H and O–H groups in total. The van der Waals surface area contributed by atoms with Crippen molar-refractivity contribution in [3.05, 3.63) is 56.4 Å². The molecular weight excluding hydrogens is 388 g/mol. The lowest BCUT2D eigenvalue weighted by atomic mass is 10.2. The van der Waals surface area contributed by atoms with Crippen molar-refractivity contribution in [3.63, 3.8) is 0 Å². The number of methoxy groups -OCH3 is 1. The summed E-state index contributed by atoms with van der Waals surface area (Å²) in [6.45, 7) is 0.00840. The molecule has 0 saturated heterocycles. The number of hydrogen-bond acceptors (Lipinski definition) is 6. The van der Waals surface area contributed by atoms with Gasteiger partial charge < -0.3 is 4.74 Å². The van der Waals surface area contributed by atoms with Crippen molar-refractivity contribution in [2.24, 2.45) is 0 Å². The minimum Gasteiger partial charge on any atom is -0.497 e. The average molecular weight is 403 g/mol. The third kappa shape index (κ3) is 5.15. The maximum atomic E-state index is 12.1. The summed E-state index contributed by atoms with van der Waals surface area (Å²) in [6.07, 6.45) is 0.954. The van der Waals surface area contributed by atoms with E-state index in [1.165, 1.54) is 10.7 Å². The molecule has 0 unspecified atom stereocenters. The van der Waals surface area contributed by atoms with Gasteiger partial charge in [-0.25, -0.2) is 4.68 Å². The Balaban J connectivity index is 2.26. The molecule has 1 aromatic heterocycles. The molecule has 0 atom stereocenters. The summed E-state index contributed by atoms with van der Waals surface area (Å²) in [5.41, 5.74) is 0.868. The smallest absolute Gasteiger partial charge is 0.281 e. The second kappa shape index (κ2) is 7.24. The van der Waals surface area contributed by atoms with Gasteiger partial charge in [0.1, 0.15) is 12.4 Å². The van der Waals surface area contributed by atoms with Gasteiger partial charge in [0.2, 0.25) is 0 Å². The van der Waals surface area contributed by atoms with Gasteiger partial charge in [0.05, 0.1) is 30.1 Å². The van der Waals surface area contributed by atoms with E-state index in [4.69, 9.17) is 8.92 Å². The SMILES string of the molecule is COc1ccc(Cn2nc(COS(C)(=O)=O)cc(Br)c2=O)cc1. The Kier molecular flexibility index (Phi) is 5.55. The number of nitrogens with zero attached hydrogens (tertiary/aromatic N) is 2. The zero-order valence-corrected chi connectivity index (χ0v) is 14.9. The minimum absolute atomic E-state index is 0.236. The van der Waals surface area contributed by atoms with Crippen molar-refractivity contribution in [2.75, 3.05) is 13.4 Å². The Labute approximate surface area is 142 Å². The molecule has 2 rings (SSSR count). The number of benzene rings is 1. The highest BCUT2D eigenvalue weighted by atomic mass is 79.9. The van der Waals surface area contributed by atoms with Crippen LogP contribution in [0.5, 0.6) is 5.75 Å². The van der Waals surface area contributed by atoms with E-state index in [1.807, 2.05) is 12.1 Å². The highest BCUT2D eigenvalue weighted by molar-refractivity contribution is 9.10. The number of ether oxygens (including phenoxy) is 1. The first kappa shape index (κ1) is 17.6. The van der Waals surface area contributed by atoms with Crippen LogP contribution >= 0.6 is 15.9 Å². The fourth-order valence-corrected chi connectivity index (χ4v) is 2.61. The van der Waals surface area contributed by atoms with Crippen LogP contribution in [0.4, 0.5) is 0 Å².